The first-order valence-corrected chi connectivity index (χ1v) is 4.78. The van der Waals surface area contributed by atoms with Crippen LogP contribution < -0.4 is 10.6 Å². The number of nitrogens with two attached hydrogens (primary N) is 1. The molecule has 2 nitrogen and oxygen atoms in total. The predicted molar refractivity (Wildman–Crippen MR) is 58.1 cm³/mol. The molecular formula is C11H18N2. The first-order chi connectivity index (χ1) is 6.27. The van der Waals surface area contributed by atoms with Gasteiger partial charge in [0.15, 0.2) is 0 Å². The molecule has 0 aliphatic rings. The van der Waals surface area contributed by atoms with Crippen molar-refractivity contribution in [2.45, 2.75) is 13.3 Å². The van der Waals surface area contributed by atoms with Crippen molar-refractivity contribution >= 4 is 5.69 Å². The van der Waals surface area contributed by atoms with Crippen molar-refractivity contribution in [2.75, 3.05) is 25.0 Å². The maximum atomic E-state index is 5.48. The van der Waals surface area contributed by atoms with E-state index in [-0.39, 0.29) is 0 Å². The summed E-state index contributed by atoms with van der Waals surface area (Å²) in [6.45, 7) is 3.77. The van der Waals surface area contributed by atoms with Crippen LogP contribution in [0.2, 0.25) is 0 Å². The van der Waals surface area contributed by atoms with Crippen LogP contribution in [0, 0.1) is 0 Å². The Balaban J connectivity index is 2.67. The van der Waals surface area contributed by atoms with Gasteiger partial charge in [-0.15, -0.1) is 0 Å². The molecule has 0 bridgehead atoms. The topological polar surface area (TPSA) is 29.3 Å². The molecule has 13 heavy (non-hydrogen) atoms. The van der Waals surface area contributed by atoms with Crippen LogP contribution in [-0.4, -0.2) is 20.1 Å². The van der Waals surface area contributed by atoms with Crippen LogP contribution in [0.25, 0.3) is 0 Å². The Bertz CT molecular complexity index is 241. The number of anilines is 1. The molecule has 0 atom stereocenters. The summed E-state index contributed by atoms with van der Waals surface area (Å²) in [5.41, 5.74) is 8.10. The lowest BCUT2D eigenvalue weighted by Crippen LogP contribution is -2.24. The van der Waals surface area contributed by atoms with E-state index < -0.39 is 0 Å². The molecule has 0 heterocycles. The zero-order chi connectivity index (χ0) is 9.68. The molecule has 0 aliphatic carbocycles. The summed E-state index contributed by atoms with van der Waals surface area (Å²) >= 11 is 0. The van der Waals surface area contributed by atoms with Gasteiger partial charge in [0.2, 0.25) is 0 Å². The minimum Gasteiger partial charge on any atom is -0.373 e. The van der Waals surface area contributed by atoms with E-state index in [0.29, 0.717) is 6.54 Å². The fraction of sp³-hybridized carbons (Fsp3) is 0.455. The molecule has 2 N–H and O–H groups in total. The van der Waals surface area contributed by atoms with Gasteiger partial charge in [0.05, 0.1) is 0 Å². The predicted octanol–water partition coefficient (Wildman–Crippen LogP) is 1.64. The largest absolute Gasteiger partial charge is 0.373 e. The molecule has 0 unspecified atom stereocenters. The van der Waals surface area contributed by atoms with E-state index in [2.05, 4.69) is 43.1 Å². The van der Waals surface area contributed by atoms with Gasteiger partial charge in [0.25, 0.3) is 0 Å². The van der Waals surface area contributed by atoms with Gasteiger partial charge in [-0.05, 0) is 24.1 Å². The van der Waals surface area contributed by atoms with Crippen molar-refractivity contribution in [3.05, 3.63) is 29.8 Å². The van der Waals surface area contributed by atoms with Gasteiger partial charge in [0.1, 0.15) is 0 Å². The maximum absolute atomic E-state index is 5.48. The van der Waals surface area contributed by atoms with Crippen molar-refractivity contribution in [1.29, 1.82) is 0 Å². The number of benzene rings is 1. The van der Waals surface area contributed by atoms with Gasteiger partial charge in [-0.2, -0.15) is 0 Å². The number of rotatable bonds is 4. The van der Waals surface area contributed by atoms with Crippen molar-refractivity contribution in [1.82, 2.24) is 0 Å². The first-order valence-electron chi connectivity index (χ1n) is 4.78. The molecule has 1 aromatic rings. The lowest BCUT2D eigenvalue weighted by Gasteiger charge is -2.18. The highest BCUT2D eigenvalue weighted by atomic mass is 15.1. The average Bonchev–Trinajstić information content (AvgIpc) is 2.18. The smallest absolute Gasteiger partial charge is 0.0364 e. The fourth-order valence-electron chi connectivity index (χ4n) is 1.31. The van der Waals surface area contributed by atoms with Gasteiger partial charge in [-0.3, -0.25) is 0 Å². The monoisotopic (exact) mass is 178 g/mol. The highest BCUT2D eigenvalue weighted by Crippen LogP contribution is 2.13. The maximum Gasteiger partial charge on any atom is 0.0364 e. The SMILES string of the molecule is CCc1ccc(N(C)CCN)cc1. The molecule has 0 fully saturated rings. The minimum atomic E-state index is 0.700. The minimum absolute atomic E-state index is 0.700. The van der Waals surface area contributed by atoms with Gasteiger partial charge >= 0.3 is 0 Å². The third-order valence-electron chi connectivity index (χ3n) is 2.25. The molecule has 1 rings (SSSR count). The Morgan fingerprint density at radius 1 is 1.23 bits per heavy atom. The summed E-state index contributed by atoms with van der Waals surface area (Å²) in [5.74, 6) is 0. The molecule has 72 valence electrons. The summed E-state index contributed by atoms with van der Waals surface area (Å²) in [6, 6.07) is 8.63. The van der Waals surface area contributed by atoms with Gasteiger partial charge in [-0.25, -0.2) is 0 Å². The molecule has 0 saturated heterocycles. The van der Waals surface area contributed by atoms with E-state index in [0.717, 1.165) is 13.0 Å². The van der Waals surface area contributed by atoms with Gasteiger partial charge in [0, 0.05) is 25.8 Å². The zero-order valence-corrected chi connectivity index (χ0v) is 8.46. The van der Waals surface area contributed by atoms with E-state index in [4.69, 9.17) is 5.73 Å². The second kappa shape index (κ2) is 4.87. The Morgan fingerprint density at radius 2 is 1.85 bits per heavy atom. The summed E-state index contributed by atoms with van der Waals surface area (Å²) in [5, 5.41) is 0. The number of hydrogen-bond donors (Lipinski definition) is 1. The Labute approximate surface area is 80.4 Å². The first kappa shape index (κ1) is 10.1. The van der Waals surface area contributed by atoms with Crippen molar-refractivity contribution < 1.29 is 0 Å². The summed E-state index contributed by atoms with van der Waals surface area (Å²) in [7, 11) is 2.06. The van der Waals surface area contributed by atoms with Gasteiger partial charge in [-0.1, -0.05) is 19.1 Å². The van der Waals surface area contributed by atoms with E-state index in [1.165, 1.54) is 11.3 Å². The molecule has 0 radical (unpaired) electrons. The third-order valence-corrected chi connectivity index (χ3v) is 2.25. The van der Waals surface area contributed by atoms with Crippen LogP contribution in [0.5, 0.6) is 0 Å². The highest BCUT2D eigenvalue weighted by Gasteiger charge is 1.98. The fourth-order valence-corrected chi connectivity index (χ4v) is 1.31. The summed E-state index contributed by atoms with van der Waals surface area (Å²) in [6.07, 6.45) is 1.10. The Morgan fingerprint density at radius 3 is 2.31 bits per heavy atom. The van der Waals surface area contributed by atoms with Crippen molar-refractivity contribution in [3.8, 4) is 0 Å². The van der Waals surface area contributed by atoms with Crippen LogP contribution in [0.15, 0.2) is 24.3 Å². The molecule has 1 aromatic carbocycles. The standard InChI is InChI=1S/C11H18N2/c1-3-10-4-6-11(7-5-10)13(2)9-8-12/h4-7H,3,8-9,12H2,1-2H3. The van der Waals surface area contributed by atoms with Crippen LogP contribution in [-0.2, 0) is 6.42 Å². The zero-order valence-electron chi connectivity index (χ0n) is 8.46. The third kappa shape index (κ3) is 2.74. The summed E-state index contributed by atoms with van der Waals surface area (Å²) < 4.78 is 0. The Kier molecular flexibility index (Phi) is 3.77. The second-order valence-electron chi connectivity index (χ2n) is 3.23. The molecule has 0 saturated carbocycles. The number of nitrogens with zero attached hydrogens (tertiary/aromatic N) is 1. The highest BCUT2D eigenvalue weighted by molar-refractivity contribution is 5.46. The van der Waals surface area contributed by atoms with E-state index in [1.807, 2.05) is 0 Å². The number of aryl methyl sites for hydroxylation is 1. The number of hydrogen-bond acceptors (Lipinski definition) is 2. The Hall–Kier alpha value is -1.02. The molecule has 0 aliphatic heterocycles. The van der Waals surface area contributed by atoms with Crippen LogP contribution in [0.3, 0.4) is 0 Å². The van der Waals surface area contributed by atoms with E-state index >= 15 is 0 Å². The lowest BCUT2D eigenvalue weighted by atomic mass is 10.1. The van der Waals surface area contributed by atoms with E-state index in [1.54, 1.807) is 0 Å². The second-order valence-corrected chi connectivity index (χ2v) is 3.23. The van der Waals surface area contributed by atoms with Crippen LogP contribution in [0.4, 0.5) is 5.69 Å². The van der Waals surface area contributed by atoms with Crippen LogP contribution in [0.1, 0.15) is 12.5 Å². The normalized spacial score (nSPS) is 10.1. The lowest BCUT2D eigenvalue weighted by molar-refractivity contribution is 0.885. The molecule has 0 amide bonds. The van der Waals surface area contributed by atoms with Crippen molar-refractivity contribution in [2.24, 2.45) is 5.73 Å². The van der Waals surface area contributed by atoms with Gasteiger partial charge < -0.3 is 10.6 Å². The van der Waals surface area contributed by atoms with Crippen LogP contribution >= 0.6 is 0 Å². The molecule has 0 spiro atoms. The molecule has 2 heteroatoms. The molecule has 0 aromatic heterocycles. The quantitative estimate of drug-likeness (QED) is 0.759. The van der Waals surface area contributed by atoms with Crippen molar-refractivity contribution in [3.63, 3.8) is 0 Å². The number of likely N-dealkylation sites (N-methyl/N-ethyl adjacent to an activating group) is 1. The summed E-state index contributed by atoms with van der Waals surface area (Å²) in [4.78, 5) is 2.17. The molecular weight excluding hydrogens is 160 g/mol. The van der Waals surface area contributed by atoms with E-state index in [9.17, 15) is 0 Å². The average molecular weight is 178 g/mol.